The van der Waals surface area contributed by atoms with Crippen molar-refractivity contribution < 1.29 is 9.53 Å². The Bertz CT molecular complexity index is 396. The van der Waals surface area contributed by atoms with E-state index in [1.807, 2.05) is 13.0 Å². The van der Waals surface area contributed by atoms with Crippen LogP contribution >= 0.6 is 0 Å². The van der Waals surface area contributed by atoms with Gasteiger partial charge in [0, 0.05) is 31.3 Å². The minimum Gasteiger partial charge on any atom is -0.463 e. The number of nitrogens with zero attached hydrogens (tertiary/aromatic N) is 1. The lowest BCUT2D eigenvalue weighted by Crippen LogP contribution is -2.15. The van der Waals surface area contributed by atoms with E-state index in [1.165, 1.54) is 5.57 Å². The number of rotatable bonds is 4. The molecule has 0 saturated carbocycles. The average Bonchev–Trinajstić information content (AvgIpc) is 2.85. The SMILES string of the molecule is C=CCC1=C2NCCN2/C(=C\C(=O)OCC)C1. The van der Waals surface area contributed by atoms with Crippen molar-refractivity contribution in [1.82, 2.24) is 10.2 Å². The first kappa shape index (κ1) is 11.8. The largest absolute Gasteiger partial charge is 0.463 e. The van der Waals surface area contributed by atoms with Gasteiger partial charge < -0.3 is 15.0 Å². The minimum atomic E-state index is -0.256. The van der Waals surface area contributed by atoms with Crippen LogP contribution in [0.2, 0.25) is 0 Å². The molecule has 1 fully saturated rings. The van der Waals surface area contributed by atoms with Gasteiger partial charge in [-0.3, -0.25) is 0 Å². The number of ether oxygens (including phenoxy) is 1. The van der Waals surface area contributed by atoms with E-state index in [-0.39, 0.29) is 5.97 Å². The molecule has 4 heteroatoms. The molecule has 0 unspecified atom stereocenters. The molecule has 1 N–H and O–H groups in total. The summed E-state index contributed by atoms with van der Waals surface area (Å²) < 4.78 is 4.95. The van der Waals surface area contributed by atoms with Crippen molar-refractivity contribution in [3.63, 3.8) is 0 Å². The first-order valence-electron chi connectivity index (χ1n) is 5.98. The van der Waals surface area contributed by atoms with Gasteiger partial charge in [-0.25, -0.2) is 4.79 Å². The van der Waals surface area contributed by atoms with E-state index in [9.17, 15) is 4.79 Å². The molecule has 2 aliphatic rings. The summed E-state index contributed by atoms with van der Waals surface area (Å²) in [7, 11) is 0. The topological polar surface area (TPSA) is 41.6 Å². The highest BCUT2D eigenvalue weighted by Gasteiger charge is 2.30. The summed E-state index contributed by atoms with van der Waals surface area (Å²) in [5.41, 5.74) is 2.33. The molecule has 0 aromatic heterocycles. The van der Waals surface area contributed by atoms with Gasteiger partial charge in [0.25, 0.3) is 0 Å². The van der Waals surface area contributed by atoms with Gasteiger partial charge in [0.05, 0.1) is 6.61 Å². The average molecular weight is 234 g/mol. The molecule has 4 nitrogen and oxygen atoms in total. The quantitative estimate of drug-likeness (QED) is 0.455. The molecule has 0 bridgehead atoms. The summed E-state index contributed by atoms with van der Waals surface area (Å²) in [4.78, 5) is 13.6. The molecule has 0 aromatic carbocycles. The van der Waals surface area contributed by atoms with Gasteiger partial charge in [-0.2, -0.15) is 0 Å². The van der Waals surface area contributed by atoms with Crippen LogP contribution in [0.15, 0.2) is 35.8 Å². The zero-order valence-electron chi connectivity index (χ0n) is 10.2. The Morgan fingerprint density at radius 3 is 3.18 bits per heavy atom. The van der Waals surface area contributed by atoms with Crippen molar-refractivity contribution >= 4 is 5.97 Å². The van der Waals surface area contributed by atoms with E-state index >= 15 is 0 Å². The summed E-state index contributed by atoms with van der Waals surface area (Å²) in [5, 5.41) is 3.35. The summed E-state index contributed by atoms with van der Waals surface area (Å²) in [5.74, 6) is 0.897. The fourth-order valence-corrected chi connectivity index (χ4v) is 2.29. The lowest BCUT2D eigenvalue weighted by molar-refractivity contribution is -0.137. The van der Waals surface area contributed by atoms with E-state index in [0.717, 1.165) is 37.4 Å². The summed E-state index contributed by atoms with van der Waals surface area (Å²) in [6, 6.07) is 0. The number of carbonyl (C=O) groups is 1. The third kappa shape index (κ3) is 2.35. The van der Waals surface area contributed by atoms with Crippen molar-refractivity contribution in [2.24, 2.45) is 0 Å². The van der Waals surface area contributed by atoms with Crippen LogP contribution in [0.3, 0.4) is 0 Å². The van der Waals surface area contributed by atoms with Crippen LogP contribution in [0.1, 0.15) is 19.8 Å². The van der Waals surface area contributed by atoms with E-state index in [2.05, 4.69) is 16.8 Å². The van der Waals surface area contributed by atoms with Crippen molar-refractivity contribution in [1.29, 1.82) is 0 Å². The van der Waals surface area contributed by atoms with Crippen LogP contribution in [0.4, 0.5) is 0 Å². The van der Waals surface area contributed by atoms with Gasteiger partial charge >= 0.3 is 5.97 Å². The highest BCUT2D eigenvalue weighted by atomic mass is 16.5. The number of allylic oxidation sites excluding steroid dienone is 2. The third-order valence-corrected chi connectivity index (χ3v) is 2.94. The first-order valence-corrected chi connectivity index (χ1v) is 5.98. The Kier molecular flexibility index (Phi) is 3.52. The normalized spacial score (nSPS) is 20.5. The lowest BCUT2D eigenvalue weighted by atomic mass is 10.1. The number of fused-ring (bicyclic) bond motifs is 1. The van der Waals surface area contributed by atoms with Gasteiger partial charge in [-0.05, 0) is 18.9 Å². The Hall–Kier alpha value is -1.71. The smallest absolute Gasteiger partial charge is 0.332 e. The molecule has 92 valence electrons. The maximum absolute atomic E-state index is 11.5. The van der Waals surface area contributed by atoms with Crippen LogP contribution in [0, 0.1) is 0 Å². The molecule has 2 aliphatic heterocycles. The molecule has 0 radical (unpaired) electrons. The van der Waals surface area contributed by atoms with Crippen LogP contribution in [-0.2, 0) is 9.53 Å². The van der Waals surface area contributed by atoms with E-state index in [4.69, 9.17) is 4.74 Å². The fourth-order valence-electron chi connectivity index (χ4n) is 2.29. The second kappa shape index (κ2) is 5.08. The van der Waals surface area contributed by atoms with Crippen LogP contribution in [-0.4, -0.2) is 30.6 Å². The number of hydrogen-bond acceptors (Lipinski definition) is 4. The molecular weight excluding hydrogens is 216 g/mol. The molecule has 0 aromatic rings. The van der Waals surface area contributed by atoms with Gasteiger partial charge in [0.2, 0.25) is 0 Å². The molecule has 2 rings (SSSR count). The second-order valence-electron chi connectivity index (χ2n) is 4.09. The fraction of sp³-hybridized carbons (Fsp3) is 0.462. The Balaban J connectivity index is 2.14. The molecule has 0 spiro atoms. The monoisotopic (exact) mass is 234 g/mol. The first-order chi connectivity index (χ1) is 8.26. The zero-order chi connectivity index (χ0) is 12.3. The minimum absolute atomic E-state index is 0.256. The number of carbonyl (C=O) groups excluding carboxylic acids is 1. The summed E-state index contributed by atoms with van der Waals surface area (Å²) in [6.45, 7) is 7.84. The molecular formula is C13H18N2O2. The Morgan fingerprint density at radius 1 is 1.65 bits per heavy atom. The van der Waals surface area contributed by atoms with Gasteiger partial charge in [-0.15, -0.1) is 6.58 Å². The summed E-state index contributed by atoms with van der Waals surface area (Å²) in [6.07, 6.45) is 5.17. The maximum Gasteiger partial charge on any atom is 0.332 e. The van der Waals surface area contributed by atoms with Crippen LogP contribution < -0.4 is 5.32 Å². The number of esters is 1. The van der Waals surface area contributed by atoms with Crippen molar-refractivity contribution in [3.8, 4) is 0 Å². The van der Waals surface area contributed by atoms with Crippen LogP contribution in [0.5, 0.6) is 0 Å². The van der Waals surface area contributed by atoms with E-state index in [0.29, 0.717) is 6.61 Å². The predicted molar refractivity (Wildman–Crippen MR) is 65.9 cm³/mol. The highest BCUT2D eigenvalue weighted by molar-refractivity contribution is 5.83. The van der Waals surface area contributed by atoms with E-state index in [1.54, 1.807) is 6.08 Å². The van der Waals surface area contributed by atoms with Gasteiger partial charge in [-0.1, -0.05) is 6.08 Å². The van der Waals surface area contributed by atoms with Gasteiger partial charge in [0.1, 0.15) is 5.82 Å². The van der Waals surface area contributed by atoms with E-state index < -0.39 is 0 Å². The van der Waals surface area contributed by atoms with Crippen molar-refractivity contribution in [2.75, 3.05) is 19.7 Å². The highest BCUT2D eigenvalue weighted by Crippen LogP contribution is 2.34. The second-order valence-corrected chi connectivity index (χ2v) is 4.09. The third-order valence-electron chi connectivity index (χ3n) is 2.94. The summed E-state index contributed by atoms with van der Waals surface area (Å²) >= 11 is 0. The number of hydrogen-bond donors (Lipinski definition) is 1. The molecule has 2 heterocycles. The standard InChI is InChI=1S/C13H18N2O2/c1-3-5-10-8-11(9-12(16)17-4-2)15-7-6-14-13(10)15/h3,9,14H,1,4-8H2,2H3/b11-9-. The van der Waals surface area contributed by atoms with Crippen LogP contribution in [0.25, 0.3) is 0 Å². The van der Waals surface area contributed by atoms with Gasteiger partial charge in [0.15, 0.2) is 0 Å². The van der Waals surface area contributed by atoms with Crippen molar-refractivity contribution in [3.05, 3.63) is 35.8 Å². The molecule has 0 aliphatic carbocycles. The molecule has 1 saturated heterocycles. The maximum atomic E-state index is 11.5. The predicted octanol–water partition coefficient (Wildman–Crippen LogP) is 1.53. The molecule has 0 atom stereocenters. The Labute approximate surface area is 102 Å². The lowest BCUT2D eigenvalue weighted by Gasteiger charge is -2.14. The van der Waals surface area contributed by atoms with Crippen molar-refractivity contribution in [2.45, 2.75) is 19.8 Å². The molecule has 0 amide bonds. The zero-order valence-corrected chi connectivity index (χ0v) is 10.2. The molecule has 17 heavy (non-hydrogen) atoms. The number of nitrogens with one attached hydrogen (secondary N) is 1. The Morgan fingerprint density at radius 2 is 2.47 bits per heavy atom.